The molecule has 8 nitrogen and oxygen atoms in total. The molecule has 0 aliphatic heterocycles. The summed E-state index contributed by atoms with van der Waals surface area (Å²) >= 11 is 0.989. The van der Waals surface area contributed by atoms with E-state index in [1.54, 1.807) is 13.8 Å². The Bertz CT molecular complexity index is 1060. The summed E-state index contributed by atoms with van der Waals surface area (Å²) in [6, 6.07) is 2.66. The van der Waals surface area contributed by atoms with Crippen molar-refractivity contribution in [1.29, 1.82) is 0 Å². The van der Waals surface area contributed by atoms with Crippen LogP contribution in [0.1, 0.15) is 45.1 Å². The van der Waals surface area contributed by atoms with Crippen molar-refractivity contribution in [2.75, 3.05) is 18.5 Å². The van der Waals surface area contributed by atoms with Gasteiger partial charge in [-0.2, -0.15) is 0 Å². The highest BCUT2D eigenvalue weighted by molar-refractivity contribution is 7.15. The van der Waals surface area contributed by atoms with Crippen molar-refractivity contribution in [2.24, 2.45) is 0 Å². The second kappa shape index (κ2) is 8.17. The summed E-state index contributed by atoms with van der Waals surface area (Å²) < 4.78 is 24.6. The smallest absolute Gasteiger partial charge is 0.342 e. The van der Waals surface area contributed by atoms with Gasteiger partial charge in [0.1, 0.15) is 27.7 Å². The predicted octanol–water partition coefficient (Wildman–Crippen LogP) is 3.14. The molecule has 146 valence electrons. The Hall–Kier alpha value is -3.27. The molecule has 0 atom stereocenters. The lowest BCUT2D eigenvalue weighted by atomic mass is 10.2. The van der Waals surface area contributed by atoms with Gasteiger partial charge in [-0.25, -0.2) is 19.0 Å². The Labute approximate surface area is 162 Å². The van der Waals surface area contributed by atoms with E-state index >= 15 is 0 Å². The van der Waals surface area contributed by atoms with Crippen LogP contribution in [0.15, 0.2) is 29.9 Å². The molecular weight excluding hydrogens is 389 g/mol. The molecule has 0 radical (unpaired) electrons. The van der Waals surface area contributed by atoms with Crippen LogP contribution in [-0.4, -0.2) is 40.4 Å². The van der Waals surface area contributed by atoms with Crippen molar-refractivity contribution in [3.63, 3.8) is 0 Å². The summed E-state index contributed by atoms with van der Waals surface area (Å²) in [6.45, 7) is 3.50. The van der Waals surface area contributed by atoms with E-state index in [0.29, 0.717) is 5.65 Å². The number of pyridine rings is 1. The summed E-state index contributed by atoms with van der Waals surface area (Å²) in [5, 5.41) is 4.11. The minimum Gasteiger partial charge on any atom is -0.462 e. The molecular formula is C18H16FN3O5S. The number of carbonyl (C=O) groups excluding carboxylic acids is 3. The molecule has 3 rings (SSSR count). The number of nitrogens with one attached hydrogen (secondary N) is 1. The topological polar surface area (TPSA) is 99.0 Å². The fourth-order valence-corrected chi connectivity index (χ4v) is 3.37. The van der Waals surface area contributed by atoms with Crippen LogP contribution in [0.3, 0.4) is 0 Å². The lowest BCUT2D eigenvalue weighted by molar-refractivity contribution is 0.0481. The summed E-state index contributed by atoms with van der Waals surface area (Å²) in [4.78, 5) is 41.1. The quantitative estimate of drug-likeness (QED) is 0.633. The maximum atomic E-state index is 13.3. The number of nitrogens with zero attached hydrogens (tertiary/aromatic N) is 2. The van der Waals surface area contributed by atoms with Gasteiger partial charge in [0, 0.05) is 17.8 Å². The number of hydrogen-bond acceptors (Lipinski definition) is 7. The first-order valence-electron chi connectivity index (χ1n) is 8.35. The largest absolute Gasteiger partial charge is 0.462 e. The van der Waals surface area contributed by atoms with E-state index < -0.39 is 23.7 Å². The van der Waals surface area contributed by atoms with Gasteiger partial charge in [-0.05, 0) is 26.0 Å². The molecule has 1 amide bonds. The van der Waals surface area contributed by atoms with Gasteiger partial charge in [0.05, 0.1) is 18.8 Å². The standard InChI is InChI=1S/C18H16FN3O5S/c1-3-26-17(24)11-9-28-16(14(11)18(25)27-4-2)21-15(23)12-8-22-7-10(19)5-6-13(22)20-12/h5-9H,3-4H2,1-2H3,(H,21,23). The van der Waals surface area contributed by atoms with Gasteiger partial charge in [-0.3, -0.25) is 4.79 Å². The number of aromatic nitrogens is 2. The molecule has 0 saturated carbocycles. The Kier molecular flexibility index (Phi) is 5.69. The molecule has 0 fully saturated rings. The molecule has 0 spiro atoms. The Morgan fingerprint density at radius 2 is 1.86 bits per heavy atom. The van der Waals surface area contributed by atoms with Gasteiger partial charge < -0.3 is 19.2 Å². The zero-order chi connectivity index (χ0) is 20.3. The molecule has 0 aromatic carbocycles. The van der Waals surface area contributed by atoms with E-state index in [4.69, 9.17) is 9.47 Å². The average Bonchev–Trinajstić information content (AvgIpc) is 3.25. The summed E-state index contributed by atoms with van der Waals surface area (Å²) in [7, 11) is 0. The van der Waals surface area contributed by atoms with E-state index in [1.807, 2.05) is 0 Å². The fraction of sp³-hybridized carbons (Fsp3) is 0.222. The number of rotatable bonds is 6. The number of halogens is 1. The highest BCUT2D eigenvalue weighted by atomic mass is 32.1. The van der Waals surface area contributed by atoms with E-state index in [9.17, 15) is 18.8 Å². The number of fused-ring (bicyclic) bond motifs is 1. The third-order valence-corrected chi connectivity index (χ3v) is 4.54. The summed E-state index contributed by atoms with van der Waals surface area (Å²) in [5.41, 5.74) is 0.341. The van der Waals surface area contributed by atoms with Gasteiger partial charge in [0.25, 0.3) is 5.91 Å². The molecule has 10 heteroatoms. The number of hydrogen-bond donors (Lipinski definition) is 1. The molecule has 0 aliphatic rings. The van der Waals surface area contributed by atoms with Gasteiger partial charge >= 0.3 is 11.9 Å². The highest BCUT2D eigenvalue weighted by Crippen LogP contribution is 2.30. The van der Waals surface area contributed by atoms with Crippen molar-refractivity contribution in [3.05, 3.63) is 52.5 Å². The molecule has 0 aliphatic carbocycles. The van der Waals surface area contributed by atoms with Crippen molar-refractivity contribution >= 4 is 39.8 Å². The minimum absolute atomic E-state index is 0.0117. The van der Waals surface area contributed by atoms with Crippen LogP contribution in [0.5, 0.6) is 0 Å². The number of thiophene rings is 1. The minimum atomic E-state index is -0.751. The van der Waals surface area contributed by atoms with E-state index in [-0.39, 0.29) is 35.0 Å². The number of esters is 2. The fourth-order valence-electron chi connectivity index (χ4n) is 2.46. The zero-order valence-electron chi connectivity index (χ0n) is 15.0. The number of imidazole rings is 1. The lowest BCUT2D eigenvalue weighted by Gasteiger charge is -2.07. The monoisotopic (exact) mass is 405 g/mol. The average molecular weight is 405 g/mol. The number of ether oxygens (including phenoxy) is 2. The molecule has 3 heterocycles. The first-order valence-corrected chi connectivity index (χ1v) is 9.23. The van der Waals surface area contributed by atoms with Gasteiger partial charge in [0.15, 0.2) is 0 Å². The molecule has 1 N–H and O–H groups in total. The Morgan fingerprint density at radius 1 is 1.14 bits per heavy atom. The van der Waals surface area contributed by atoms with Crippen molar-refractivity contribution < 1.29 is 28.2 Å². The van der Waals surface area contributed by atoms with Crippen molar-refractivity contribution in [2.45, 2.75) is 13.8 Å². The second-order valence-corrected chi connectivity index (χ2v) is 6.37. The molecule has 3 aromatic rings. The van der Waals surface area contributed by atoms with E-state index in [2.05, 4.69) is 10.3 Å². The Balaban J connectivity index is 1.92. The van der Waals surface area contributed by atoms with Crippen LogP contribution in [0.4, 0.5) is 9.39 Å². The van der Waals surface area contributed by atoms with Crippen LogP contribution in [0.25, 0.3) is 5.65 Å². The maximum absolute atomic E-state index is 13.3. The maximum Gasteiger partial charge on any atom is 0.342 e. The first kappa shape index (κ1) is 19.5. The third-order valence-electron chi connectivity index (χ3n) is 3.64. The first-order chi connectivity index (χ1) is 13.4. The zero-order valence-corrected chi connectivity index (χ0v) is 15.8. The molecule has 0 unspecified atom stereocenters. The van der Waals surface area contributed by atoms with Crippen LogP contribution < -0.4 is 5.32 Å². The lowest BCUT2D eigenvalue weighted by Crippen LogP contribution is -2.17. The highest BCUT2D eigenvalue weighted by Gasteiger charge is 2.27. The van der Waals surface area contributed by atoms with Gasteiger partial charge in [-0.15, -0.1) is 11.3 Å². The van der Waals surface area contributed by atoms with Crippen LogP contribution >= 0.6 is 11.3 Å². The molecule has 0 saturated heterocycles. The molecule has 28 heavy (non-hydrogen) atoms. The third kappa shape index (κ3) is 3.86. The normalized spacial score (nSPS) is 10.7. The number of carbonyl (C=O) groups is 3. The van der Waals surface area contributed by atoms with E-state index in [0.717, 1.165) is 11.3 Å². The van der Waals surface area contributed by atoms with E-state index in [1.165, 1.54) is 34.3 Å². The SMILES string of the molecule is CCOC(=O)c1csc(NC(=O)c2cn3cc(F)ccc3n2)c1C(=O)OCC. The second-order valence-electron chi connectivity index (χ2n) is 5.49. The predicted molar refractivity (Wildman–Crippen MR) is 99.3 cm³/mol. The van der Waals surface area contributed by atoms with Crippen molar-refractivity contribution in [3.8, 4) is 0 Å². The molecule has 0 bridgehead atoms. The number of anilines is 1. The summed E-state index contributed by atoms with van der Waals surface area (Å²) in [5.74, 6) is -2.53. The van der Waals surface area contributed by atoms with Crippen LogP contribution in [-0.2, 0) is 9.47 Å². The van der Waals surface area contributed by atoms with Crippen LogP contribution in [0.2, 0.25) is 0 Å². The molecule has 3 aromatic heterocycles. The van der Waals surface area contributed by atoms with Gasteiger partial charge in [-0.1, -0.05) is 0 Å². The van der Waals surface area contributed by atoms with Crippen molar-refractivity contribution in [1.82, 2.24) is 9.38 Å². The summed E-state index contributed by atoms with van der Waals surface area (Å²) in [6.07, 6.45) is 2.55. The van der Waals surface area contributed by atoms with Gasteiger partial charge in [0.2, 0.25) is 0 Å². The van der Waals surface area contributed by atoms with Crippen LogP contribution in [0, 0.1) is 5.82 Å². The Morgan fingerprint density at radius 3 is 2.57 bits per heavy atom. The number of amides is 1.